The second-order valence-corrected chi connectivity index (χ2v) is 10.2. The van der Waals surface area contributed by atoms with Gasteiger partial charge in [0, 0.05) is 19.3 Å². The van der Waals surface area contributed by atoms with E-state index in [1.165, 1.54) is 10.6 Å². The zero-order valence-electron chi connectivity index (χ0n) is 13.2. The Hall–Kier alpha value is -1.12. The third-order valence-electron chi connectivity index (χ3n) is 3.96. The van der Waals surface area contributed by atoms with Crippen molar-refractivity contribution in [3.8, 4) is 5.75 Å². The van der Waals surface area contributed by atoms with Gasteiger partial charge in [-0.25, -0.2) is 21.1 Å². The molecule has 1 aliphatic rings. The number of nitrogens with zero attached hydrogens (tertiary/aromatic N) is 1. The number of sulfonamides is 1. The maximum atomic E-state index is 12.3. The van der Waals surface area contributed by atoms with Gasteiger partial charge in [0.25, 0.3) is 0 Å². The summed E-state index contributed by atoms with van der Waals surface area (Å²) in [6, 6.07) is 9.25. The third kappa shape index (κ3) is 5.47. The van der Waals surface area contributed by atoms with E-state index in [-0.39, 0.29) is 18.8 Å². The molecule has 1 aromatic rings. The van der Waals surface area contributed by atoms with E-state index in [9.17, 15) is 16.8 Å². The monoisotopic (exact) mass is 361 g/mol. The number of ether oxygens (including phenoxy) is 1. The van der Waals surface area contributed by atoms with Crippen molar-refractivity contribution in [2.24, 2.45) is 0 Å². The normalized spacial score (nSPS) is 18.0. The Bertz CT molecular complexity index is 693. The van der Waals surface area contributed by atoms with Crippen molar-refractivity contribution in [1.82, 2.24) is 4.31 Å². The lowest BCUT2D eigenvalue weighted by atomic mass is 10.2. The van der Waals surface area contributed by atoms with E-state index in [0.717, 1.165) is 5.75 Å². The van der Waals surface area contributed by atoms with Crippen LogP contribution < -0.4 is 4.74 Å². The third-order valence-corrected chi connectivity index (χ3v) is 7.60. The molecule has 0 atom stereocenters. The maximum Gasteiger partial charge on any atom is 0.214 e. The highest BCUT2D eigenvalue weighted by atomic mass is 32.2. The molecule has 6 nitrogen and oxygen atoms in total. The molecule has 0 radical (unpaired) electrons. The molecule has 0 saturated carbocycles. The number of piperidine rings is 1. The molecule has 1 fully saturated rings. The molecule has 0 amide bonds. The molecule has 0 aliphatic carbocycles. The number of sulfone groups is 1. The Kier molecular flexibility index (Phi) is 6.05. The summed E-state index contributed by atoms with van der Waals surface area (Å²) < 4.78 is 54.4. The van der Waals surface area contributed by atoms with Gasteiger partial charge < -0.3 is 4.74 Å². The molecular formula is C15H23NO5S2. The van der Waals surface area contributed by atoms with Crippen molar-refractivity contribution in [3.05, 3.63) is 30.3 Å². The first-order chi connectivity index (χ1) is 10.8. The SMILES string of the molecule is CS(=O)(=O)C1CCN(S(=O)(=O)CCCOc2ccccc2)CC1. The summed E-state index contributed by atoms with van der Waals surface area (Å²) in [4.78, 5) is 0. The Morgan fingerprint density at radius 1 is 1.09 bits per heavy atom. The molecule has 1 aromatic carbocycles. The first kappa shape index (κ1) is 18.2. The van der Waals surface area contributed by atoms with Gasteiger partial charge in [0.2, 0.25) is 10.0 Å². The van der Waals surface area contributed by atoms with E-state index in [2.05, 4.69) is 0 Å². The van der Waals surface area contributed by atoms with Crippen molar-refractivity contribution >= 4 is 19.9 Å². The molecule has 2 rings (SSSR count). The minimum absolute atomic E-state index is 0.0172. The van der Waals surface area contributed by atoms with E-state index in [1.54, 1.807) is 0 Å². The molecule has 1 aliphatic heterocycles. The van der Waals surface area contributed by atoms with Crippen LogP contribution in [0.5, 0.6) is 5.75 Å². The molecule has 1 heterocycles. The molecule has 0 bridgehead atoms. The molecular weight excluding hydrogens is 338 g/mol. The zero-order chi connectivity index (χ0) is 16.9. The minimum atomic E-state index is -3.35. The van der Waals surface area contributed by atoms with E-state index >= 15 is 0 Å². The van der Waals surface area contributed by atoms with Gasteiger partial charge in [0.15, 0.2) is 0 Å². The van der Waals surface area contributed by atoms with Gasteiger partial charge in [-0.05, 0) is 31.4 Å². The predicted octanol–water partition coefficient (Wildman–Crippen LogP) is 1.29. The summed E-state index contributed by atoms with van der Waals surface area (Å²) in [6.45, 7) is 0.891. The van der Waals surface area contributed by atoms with Gasteiger partial charge in [0.1, 0.15) is 15.6 Å². The Morgan fingerprint density at radius 2 is 1.70 bits per heavy atom. The van der Waals surface area contributed by atoms with Crippen molar-refractivity contribution in [3.63, 3.8) is 0 Å². The summed E-state index contributed by atoms with van der Waals surface area (Å²) >= 11 is 0. The van der Waals surface area contributed by atoms with E-state index in [1.807, 2.05) is 30.3 Å². The van der Waals surface area contributed by atoms with E-state index in [4.69, 9.17) is 4.74 Å². The van der Waals surface area contributed by atoms with Gasteiger partial charge in [-0.1, -0.05) is 18.2 Å². The van der Waals surface area contributed by atoms with Gasteiger partial charge in [-0.3, -0.25) is 0 Å². The largest absolute Gasteiger partial charge is 0.494 e. The molecule has 1 saturated heterocycles. The molecule has 0 unspecified atom stereocenters. The Balaban J connectivity index is 1.77. The smallest absolute Gasteiger partial charge is 0.214 e. The molecule has 23 heavy (non-hydrogen) atoms. The number of rotatable bonds is 7. The molecule has 130 valence electrons. The fourth-order valence-electron chi connectivity index (χ4n) is 2.62. The average Bonchev–Trinajstić information content (AvgIpc) is 2.52. The lowest BCUT2D eigenvalue weighted by molar-refractivity contribution is 0.312. The van der Waals surface area contributed by atoms with Crippen molar-refractivity contribution in [1.29, 1.82) is 0 Å². The number of benzene rings is 1. The second-order valence-electron chi connectivity index (χ2n) is 5.76. The lowest BCUT2D eigenvalue weighted by Crippen LogP contribution is -2.43. The topological polar surface area (TPSA) is 80.8 Å². The minimum Gasteiger partial charge on any atom is -0.494 e. The number of hydrogen-bond donors (Lipinski definition) is 0. The van der Waals surface area contributed by atoms with Gasteiger partial charge in [-0.2, -0.15) is 0 Å². The molecule has 0 spiro atoms. The van der Waals surface area contributed by atoms with Crippen LogP contribution in [0.1, 0.15) is 19.3 Å². The van der Waals surface area contributed by atoms with Crippen LogP contribution in [0.2, 0.25) is 0 Å². The summed E-state index contributed by atoms with van der Waals surface area (Å²) in [5, 5.41) is -0.421. The van der Waals surface area contributed by atoms with Gasteiger partial charge in [0.05, 0.1) is 17.6 Å². The molecule has 0 aromatic heterocycles. The Labute approximate surface area is 138 Å². The molecule has 0 N–H and O–H groups in total. The van der Waals surface area contributed by atoms with Gasteiger partial charge >= 0.3 is 0 Å². The van der Waals surface area contributed by atoms with Crippen LogP contribution in [0.3, 0.4) is 0 Å². The predicted molar refractivity (Wildman–Crippen MR) is 89.8 cm³/mol. The number of hydrogen-bond acceptors (Lipinski definition) is 5. The highest BCUT2D eigenvalue weighted by Crippen LogP contribution is 2.20. The second kappa shape index (κ2) is 7.63. The first-order valence-corrected chi connectivity index (χ1v) is 11.2. The summed E-state index contributed by atoms with van der Waals surface area (Å²) in [7, 11) is -6.44. The van der Waals surface area contributed by atoms with E-state index in [0.29, 0.717) is 25.9 Å². The summed E-state index contributed by atoms with van der Waals surface area (Å²) in [5.74, 6) is 0.738. The van der Waals surface area contributed by atoms with Crippen molar-refractivity contribution in [2.75, 3.05) is 31.7 Å². The van der Waals surface area contributed by atoms with Crippen LogP contribution in [0.25, 0.3) is 0 Å². The van der Waals surface area contributed by atoms with Crippen LogP contribution in [0, 0.1) is 0 Å². The fourth-order valence-corrected chi connectivity index (χ4v) is 5.19. The summed E-state index contributed by atoms with van der Waals surface area (Å²) in [6.07, 6.45) is 2.36. The van der Waals surface area contributed by atoms with E-state index < -0.39 is 25.1 Å². The van der Waals surface area contributed by atoms with Crippen LogP contribution in [0.4, 0.5) is 0 Å². The van der Waals surface area contributed by atoms with Crippen molar-refractivity contribution in [2.45, 2.75) is 24.5 Å². The quantitative estimate of drug-likeness (QED) is 0.684. The van der Waals surface area contributed by atoms with Crippen LogP contribution in [-0.2, 0) is 19.9 Å². The lowest BCUT2D eigenvalue weighted by Gasteiger charge is -2.30. The van der Waals surface area contributed by atoms with Crippen LogP contribution in [-0.4, -0.2) is 58.1 Å². The average molecular weight is 361 g/mol. The first-order valence-electron chi connectivity index (χ1n) is 7.63. The Morgan fingerprint density at radius 3 is 2.26 bits per heavy atom. The van der Waals surface area contributed by atoms with Crippen LogP contribution in [0.15, 0.2) is 30.3 Å². The van der Waals surface area contributed by atoms with Gasteiger partial charge in [-0.15, -0.1) is 0 Å². The zero-order valence-corrected chi connectivity index (χ0v) is 14.9. The highest BCUT2D eigenvalue weighted by molar-refractivity contribution is 7.91. The molecule has 8 heteroatoms. The highest BCUT2D eigenvalue weighted by Gasteiger charge is 2.31. The number of para-hydroxylation sites is 1. The van der Waals surface area contributed by atoms with Crippen LogP contribution >= 0.6 is 0 Å². The fraction of sp³-hybridized carbons (Fsp3) is 0.600. The summed E-state index contributed by atoms with van der Waals surface area (Å²) in [5.41, 5.74) is 0. The van der Waals surface area contributed by atoms with Crippen molar-refractivity contribution < 1.29 is 21.6 Å². The maximum absolute atomic E-state index is 12.3. The standard InChI is InChI=1S/C15H23NO5S2/c1-22(17,18)15-8-10-16(11-9-15)23(19,20)13-5-12-21-14-6-3-2-4-7-14/h2-4,6-7,15H,5,8-13H2,1H3.